The highest BCUT2D eigenvalue weighted by Gasteiger charge is 2.23. The zero-order valence-corrected chi connectivity index (χ0v) is 9.33. The monoisotopic (exact) mass is 202 g/mol. The molecular weight excluding hydrogens is 184 g/mol. The highest BCUT2D eigenvalue weighted by molar-refractivity contribution is 5.97. The molecule has 2 rings (SSSR count). The molecule has 0 bridgehead atoms. The third kappa shape index (κ3) is 2.11. The van der Waals surface area contributed by atoms with Gasteiger partial charge in [-0.1, -0.05) is 37.6 Å². The fraction of sp³-hybridized carbons (Fsp3) is 0.500. The van der Waals surface area contributed by atoms with E-state index in [9.17, 15) is 4.79 Å². The molecule has 1 aliphatic rings. The normalized spacial score (nSPS) is 16.1. The standard InChI is InChI=1S/C14H18O/c1-2-6-14(15)13-10-4-3-9-12(13)11-7-5-8-11/h3-4,9-11H,2,5-8H2,1H3. The van der Waals surface area contributed by atoms with Crippen LogP contribution in [0.2, 0.25) is 0 Å². The summed E-state index contributed by atoms with van der Waals surface area (Å²) in [4.78, 5) is 11.9. The number of Topliss-reactive ketones (excluding diaryl/α,β-unsaturated/α-hetero) is 1. The maximum absolute atomic E-state index is 11.9. The molecule has 1 aromatic rings. The molecule has 0 N–H and O–H groups in total. The molecule has 0 atom stereocenters. The zero-order chi connectivity index (χ0) is 10.7. The van der Waals surface area contributed by atoms with Crippen molar-refractivity contribution in [2.24, 2.45) is 0 Å². The number of hydrogen-bond acceptors (Lipinski definition) is 1. The van der Waals surface area contributed by atoms with Crippen LogP contribution in [0.5, 0.6) is 0 Å². The summed E-state index contributed by atoms with van der Waals surface area (Å²) in [5, 5.41) is 0. The van der Waals surface area contributed by atoms with E-state index >= 15 is 0 Å². The van der Waals surface area contributed by atoms with Gasteiger partial charge in [-0.2, -0.15) is 0 Å². The van der Waals surface area contributed by atoms with Crippen molar-refractivity contribution in [2.45, 2.75) is 44.9 Å². The summed E-state index contributed by atoms with van der Waals surface area (Å²) in [6.45, 7) is 2.06. The van der Waals surface area contributed by atoms with Crippen molar-refractivity contribution < 1.29 is 4.79 Å². The van der Waals surface area contributed by atoms with Gasteiger partial charge in [-0.15, -0.1) is 0 Å². The van der Waals surface area contributed by atoms with E-state index in [0.717, 1.165) is 12.0 Å². The molecule has 0 unspecified atom stereocenters. The van der Waals surface area contributed by atoms with Gasteiger partial charge >= 0.3 is 0 Å². The molecule has 0 aromatic heterocycles. The lowest BCUT2D eigenvalue weighted by molar-refractivity contribution is 0.0979. The molecular formula is C14H18O. The van der Waals surface area contributed by atoms with Crippen LogP contribution in [0.1, 0.15) is 60.9 Å². The summed E-state index contributed by atoms with van der Waals surface area (Å²) in [6, 6.07) is 8.15. The summed E-state index contributed by atoms with van der Waals surface area (Å²) < 4.78 is 0. The van der Waals surface area contributed by atoms with Gasteiger partial charge in [0, 0.05) is 12.0 Å². The molecule has 1 heteroatoms. The smallest absolute Gasteiger partial charge is 0.163 e. The zero-order valence-electron chi connectivity index (χ0n) is 9.33. The Bertz CT molecular complexity index is 350. The molecule has 80 valence electrons. The molecule has 0 radical (unpaired) electrons. The van der Waals surface area contributed by atoms with Crippen molar-refractivity contribution in [1.82, 2.24) is 0 Å². The molecule has 0 heterocycles. The molecule has 1 nitrogen and oxygen atoms in total. The quantitative estimate of drug-likeness (QED) is 0.676. The van der Waals surface area contributed by atoms with Crippen LogP contribution in [0, 0.1) is 0 Å². The molecule has 1 aromatic carbocycles. The maximum Gasteiger partial charge on any atom is 0.163 e. The minimum atomic E-state index is 0.319. The van der Waals surface area contributed by atoms with Gasteiger partial charge in [-0.3, -0.25) is 4.79 Å². The summed E-state index contributed by atoms with van der Waals surface area (Å²) in [5.74, 6) is 0.974. The van der Waals surface area contributed by atoms with E-state index in [1.54, 1.807) is 0 Å². The lowest BCUT2D eigenvalue weighted by atomic mass is 9.77. The van der Waals surface area contributed by atoms with Gasteiger partial charge in [-0.25, -0.2) is 0 Å². The van der Waals surface area contributed by atoms with Crippen LogP contribution in [0.25, 0.3) is 0 Å². The van der Waals surface area contributed by atoms with Crippen LogP contribution in [-0.4, -0.2) is 5.78 Å². The number of hydrogen-bond donors (Lipinski definition) is 0. The van der Waals surface area contributed by atoms with Crippen molar-refractivity contribution >= 4 is 5.78 Å². The highest BCUT2D eigenvalue weighted by atomic mass is 16.1. The van der Waals surface area contributed by atoms with E-state index in [4.69, 9.17) is 0 Å². The van der Waals surface area contributed by atoms with Gasteiger partial charge in [0.15, 0.2) is 5.78 Å². The van der Waals surface area contributed by atoms with Crippen LogP contribution in [0.4, 0.5) is 0 Å². The molecule has 1 fully saturated rings. The van der Waals surface area contributed by atoms with E-state index in [1.165, 1.54) is 24.8 Å². The van der Waals surface area contributed by atoms with E-state index in [1.807, 2.05) is 12.1 Å². The largest absolute Gasteiger partial charge is 0.294 e. The number of carbonyl (C=O) groups excluding carboxylic acids is 1. The van der Waals surface area contributed by atoms with Crippen LogP contribution in [0.15, 0.2) is 24.3 Å². The SMILES string of the molecule is CCCC(=O)c1ccccc1C1CCC1. The van der Waals surface area contributed by atoms with Crippen LogP contribution >= 0.6 is 0 Å². The first-order valence-electron chi connectivity index (χ1n) is 5.95. The summed E-state index contributed by atoms with van der Waals surface area (Å²) in [5.41, 5.74) is 2.27. The minimum absolute atomic E-state index is 0.319. The first kappa shape index (κ1) is 10.4. The summed E-state index contributed by atoms with van der Waals surface area (Å²) in [7, 11) is 0. The molecule has 0 amide bonds. The Balaban J connectivity index is 2.24. The van der Waals surface area contributed by atoms with E-state index in [2.05, 4.69) is 19.1 Å². The molecule has 15 heavy (non-hydrogen) atoms. The highest BCUT2D eigenvalue weighted by Crippen LogP contribution is 2.38. The van der Waals surface area contributed by atoms with E-state index < -0.39 is 0 Å². The second-order valence-corrected chi connectivity index (χ2v) is 4.39. The van der Waals surface area contributed by atoms with Gasteiger partial charge in [0.1, 0.15) is 0 Å². The first-order valence-corrected chi connectivity index (χ1v) is 5.95. The lowest BCUT2D eigenvalue weighted by Gasteiger charge is -2.27. The topological polar surface area (TPSA) is 17.1 Å². The Labute approximate surface area is 91.5 Å². The molecule has 1 aliphatic carbocycles. The predicted octanol–water partition coefficient (Wildman–Crippen LogP) is 3.94. The Kier molecular flexibility index (Phi) is 3.20. The summed E-state index contributed by atoms with van der Waals surface area (Å²) >= 11 is 0. The molecule has 0 saturated heterocycles. The fourth-order valence-electron chi connectivity index (χ4n) is 2.19. The van der Waals surface area contributed by atoms with Crippen molar-refractivity contribution in [3.63, 3.8) is 0 Å². The number of benzene rings is 1. The van der Waals surface area contributed by atoms with Crippen LogP contribution in [0.3, 0.4) is 0 Å². The van der Waals surface area contributed by atoms with Crippen LogP contribution in [-0.2, 0) is 0 Å². The molecule has 1 saturated carbocycles. The van der Waals surface area contributed by atoms with Crippen molar-refractivity contribution in [2.75, 3.05) is 0 Å². The lowest BCUT2D eigenvalue weighted by Crippen LogP contribution is -2.13. The Morgan fingerprint density at radius 3 is 2.67 bits per heavy atom. The second-order valence-electron chi connectivity index (χ2n) is 4.39. The van der Waals surface area contributed by atoms with Gasteiger partial charge in [0.05, 0.1) is 0 Å². The second kappa shape index (κ2) is 4.61. The van der Waals surface area contributed by atoms with Gasteiger partial charge in [0.2, 0.25) is 0 Å². The molecule has 0 aliphatic heterocycles. The maximum atomic E-state index is 11.9. The van der Waals surface area contributed by atoms with E-state index in [0.29, 0.717) is 18.1 Å². The number of ketones is 1. The van der Waals surface area contributed by atoms with Crippen LogP contribution < -0.4 is 0 Å². The minimum Gasteiger partial charge on any atom is -0.294 e. The summed E-state index contributed by atoms with van der Waals surface area (Å²) in [6.07, 6.45) is 5.47. The van der Waals surface area contributed by atoms with Crippen molar-refractivity contribution in [3.05, 3.63) is 35.4 Å². The van der Waals surface area contributed by atoms with Gasteiger partial charge in [0.25, 0.3) is 0 Å². The van der Waals surface area contributed by atoms with Gasteiger partial charge in [-0.05, 0) is 30.7 Å². The number of rotatable bonds is 4. The average molecular weight is 202 g/mol. The molecule has 0 spiro atoms. The fourth-order valence-corrected chi connectivity index (χ4v) is 2.19. The predicted molar refractivity (Wildman–Crippen MR) is 62.3 cm³/mol. The van der Waals surface area contributed by atoms with Crippen molar-refractivity contribution in [3.8, 4) is 0 Å². The van der Waals surface area contributed by atoms with Crippen molar-refractivity contribution in [1.29, 1.82) is 0 Å². The van der Waals surface area contributed by atoms with Gasteiger partial charge < -0.3 is 0 Å². The first-order chi connectivity index (χ1) is 7.33. The Morgan fingerprint density at radius 2 is 2.07 bits per heavy atom. The number of carbonyl (C=O) groups is 1. The third-order valence-electron chi connectivity index (χ3n) is 3.28. The average Bonchev–Trinajstić information content (AvgIpc) is 2.16. The third-order valence-corrected chi connectivity index (χ3v) is 3.28. The Morgan fingerprint density at radius 1 is 1.33 bits per heavy atom. The Hall–Kier alpha value is -1.11. The van der Waals surface area contributed by atoms with E-state index in [-0.39, 0.29) is 0 Å².